The summed E-state index contributed by atoms with van der Waals surface area (Å²) in [5, 5.41) is 17.8. The minimum Gasteiger partial charge on any atom is -0.392 e. The van der Waals surface area contributed by atoms with Crippen LogP contribution in [0.5, 0.6) is 0 Å². The minimum atomic E-state index is 0.0629. The van der Waals surface area contributed by atoms with Crippen molar-refractivity contribution < 1.29 is 5.11 Å². The Kier molecular flexibility index (Phi) is 4.43. The van der Waals surface area contributed by atoms with E-state index in [1.54, 1.807) is 17.8 Å². The minimum absolute atomic E-state index is 0.0629. The van der Waals surface area contributed by atoms with Crippen LogP contribution in [0.4, 0.5) is 0 Å². The Labute approximate surface area is 118 Å². The molecule has 0 atom stereocenters. The highest BCUT2D eigenvalue weighted by molar-refractivity contribution is 9.10. The van der Waals surface area contributed by atoms with Gasteiger partial charge in [-0.25, -0.2) is 0 Å². The van der Waals surface area contributed by atoms with Gasteiger partial charge in [-0.15, -0.1) is 0 Å². The van der Waals surface area contributed by atoms with E-state index in [2.05, 4.69) is 22.0 Å². The quantitative estimate of drug-likeness (QED) is 0.931. The van der Waals surface area contributed by atoms with Crippen molar-refractivity contribution in [3.05, 3.63) is 58.1 Å². The first-order chi connectivity index (χ1) is 8.72. The fourth-order valence-corrected chi connectivity index (χ4v) is 2.93. The monoisotopic (exact) mass is 319 g/mol. The average Bonchev–Trinajstić information content (AvgIpc) is 2.40. The third-order valence-corrected chi connectivity index (χ3v) is 4.06. The van der Waals surface area contributed by atoms with E-state index >= 15 is 0 Å². The summed E-state index contributed by atoms with van der Waals surface area (Å²) in [6.45, 7) is 0.0629. The molecule has 0 aliphatic rings. The molecule has 0 aromatic heterocycles. The van der Waals surface area contributed by atoms with Crippen molar-refractivity contribution in [2.24, 2.45) is 0 Å². The van der Waals surface area contributed by atoms with Crippen molar-refractivity contribution >= 4 is 27.7 Å². The van der Waals surface area contributed by atoms with Crippen LogP contribution in [-0.4, -0.2) is 5.11 Å². The summed E-state index contributed by atoms with van der Waals surface area (Å²) in [6, 6.07) is 15.5. The van der Waals surface area contributed by atoms with Crippen molar-refractivity contribution in [1.29, 1.82) is 5.26 Å². The number of aliphatic hydroxyl groups excluding tert-OH is 1. The molecule has 0 radical (unpaired) electrons. The predicted molar refractivity (Wildman–Crippen MR) is 75.3 cm³/mol. The molecule has 0 aliphatic heterocycles. The second-order valence-corrected chi connectivity index (χ2v) is 5.66. The number of benzene rings is 2. The topological polar surface area (TPSA) is 44.0 Å². The van der Waals surface area contributed by atoms with Gasteiger partial charge in [0.1, 0.15) is 6.07 Å². The zero-order valence-corrected chi connectivity index (χ0v) is 11.8. The van der Waals surface area contributed by atoms with E-state index in [4.69, 9.17) is 10.4 Å². The molecule has 0 saturated carbocycles. The van der Waals surface area contributed by atoms with Gasteiger partial charge in [-0.05, 0) is 51.8 Å². The van der Waals surface area contributed by atoms with E-state index < -0.39 is 0 Å². The largest absolute Gasteiger partial charge is 0.392 e. The molecule has 18 heavy (non-hydrogen) atoms. The molecule has 0 heterocycles. The maximum atomic E-state index is 8.97. The molecule has 90 valence electrons. The van der Waals surface area contributed by atoms with Gasteiger partial charge >= 0.3 is 0 Å². The molecule has 2 rings (SSSR count). The maximum Gasteiger partial charge on any atom is 0.100 e. The van der Waals surface area contributed by atoms with E-state index in [9.17, 15) is 0 Å². The Morgan fingerprint density at radius 1 is 1.11 bits per heavy atom. The van der Waals surface area contributed by atoms with E-state index in [-0.39, 0.29) is 6.61 Å². The number of nitriles is 1. The maximum absolute atomic E-state index is 8.97. The lowest BCUT2D eigenvalue weighted by molar-refractivity contribution is 0.282. The highest BCUT2D eigenvalue weighted by Crippen LogP contribution is 2.30. The van der Waals surface area contributed by atoms with Crippen LogP contribution in [0.1, 0.15) is 11.1 Å². The standard InChI is InChI=1S/C14H10BrNOS/c15-14-7-13(6-3-11(14)8-16)18-12-4-1-10(9-17)2-5-12/h1-7,17H,9H2. The highest BCUT2D eigenvalue weighted by atomic mass is 79.9. The van der Waals surface area contributed by atoms with Gasteiger partial charge in [0.25, 0.3) is 0 Å². The number of hydrogen-bond donors (Lipinski definition) is 1. The number of halogens is 1. The summed E-state index contributed by atoms with van der Waals surface area (Å²) < 4.78 is 0.807. The lowest BCUT2D eigenvalue weighted by Gasteiger charge is -2.04. The molecule has 0 unspecified atom stereocenters. The van der Waals surface area contributed by atoms with E-state index in [0.29, 0.717) is 5.56 Å². The van der Waals surface area contributed by atoms with Gasteiger partial charge in [0, 0.05) is 14.3 Å². The number of nitrogens with zero attached hydrogens (tertiary/aromatic N) is 1. The van der Waals surface area contributed by atoms with Gasteiger partial charge in [-0.2, -0.15) is 5.26 Å². The Morgan fingerprint density at radius 2 is 1.78 bits per heavy atom. The molecular formula is C14H10BrNOS. The first-order valence-electron chi connectivity index (χ1n) is 5.30. The lowest BCUT2D eigenvalue weighted by atomic mass is 10.2. The van der Waals surface area contributed by atoms with E-state index in [1.165, 1.54) is 0 Å². The summed E-state index contributed by atoms with van der Waals surface area (Å²) in [5.74, 6) is 0. The second kappa shape index (κ2) is 6.05. The number of aliphatic hydroxyl groups is 1. The molecule has 0 fully saturated rings. The Bertz CT molecular complexity index is 590. The van der Waals surface area contributed by atoms with Crippen LogP contribution >= 0.6 is 27.7 Å². The first-order valence-corrected chi connectivity index (χ1v) is 6.91. The smallest absolute Gasteiger partial charge is 0.100 e. The third kappa shape index (κ3) is 3.14. The molecule has 0 saturated heterocycles. The van der Waals surface area contributed by atoms with E-state index in [1.807, 2.05) is 36.4 Å². The third-order valence-electron chi connectivity index (χ3n) is 2.40. The second-order valence-electron chi connectivity index (χ2n) is 3.66. The van der Waals surface area contributed by atoms with Gasteiger partial charge in [0.2, 0.25) is 0 Å². The van der Waals surface area contributed by atoms with Crippen LogP contribution in [0.15, 0.2) is 56.7 Å². The van der Waals surface area contributed by atoms with Gasteiger partial charge in [-0.3, -0.25) is 0 Å². The van der Waals surface area contributed by atoms with Crippen LogP contribution < -0.4 is 0 Å². The van der Waals surface area contributed by atoms with Crippen LogP contribution in [0.25, 0.3) is 0 Å². The van der Waals surface area contributed by atoms with Crippen molar-refractivity contribution in [3.63, 3.8) is 0 Å². The molecule has 0 amide bonds. The molecule has 2 aromatic rings. The predicted octanol–water partition coefficient (Wildman–Crippen LogP) is 3.96. The van der Waals surface area contributed by atoms with Crippen molar-refractivity contribution in [2.75, 3.05) is 0 Å². The van der Waals surface area contributed by atoms with Crippen molar-refractivity contribution in [2.45, 2.75) is 16.4 Å². The Morgan fingerprint density at radius 3 is 2.33 bits per heavy atom. The van der Waals surface area contributed by atoms with Crippen LogP contribution in [0.2, 0.25) is 0 Å². The van der Waals surface area contributed by atoms with Gasteiger partial charge < -0.3 is 5.11 Å². The summed E-state index contributed by atoms with van der Waals surface area (Å²) >= 11 is 4.99. The Hall–Kier alpha value is -1.28. The van der Waals surface area contributed by atoms with Crippen LogP contribution in [0.3, 0.4) is 0 Å². The molecular weight excluding hydrogens is 310 g/mol. The Balaban J connectivity index is 2.18. The van der Waals surface area contributed by atoms with Crippen LogP contribution in [-0.2, 0) is 6.61 Å². The molecule has 2 aromatic carbocycles. The summed E-state index contributed by atoms with van der Waals surface area (Å²) in [6.07, 6.45) is 0. The molecule has 1 N–H and O–H groups in total. The van der Waals surface area contributed by atoms with Gasteiger partial charge in [0.05, 0.1) is 12.2 Å². The van der Waals surface area contributed by atoms with Crippen molar-refractivity contribution in [1.82, 2.24) is 0 Å². The van der Waals surface area contributed by atoms with Crippen molar-refractivity contribution in [3.8, 4) is 6.07 Å². The summed E-state index contributed by atoms with van der Waals surface area (Å²) in [7, 11) is 0. The average molecular weight is 320 g/mol. The fraction of sp³-hybridized carbons (Fsp3) is 0.0714. The number of hydrogen-bond acceptors (Lipinski definition) is 3. The zero-order chi connectivity index (χ0) is 13.0. The summed E-state index contributed by atoms with van der Waals surface area (Å²) in [4.78, 5) is 2.17. The number of rotatable bonds is 3. The summed E-state index contributed by atoms with van der Waals surface area (Å²) in [5.41, 5.74) is 1.54. The molecule has 0 bridgehead atoms. The highest BCUT2D eigenvalue weighted by Gasteiger charge is 2.02. The first kappa shape index (κ1) is 13.2. The van der Waals surface area contributed by atoms with Crippen LogP contribution in [0, 0.1) is 11.3 Å². The lowest BCUT2D eigenvalue weighted by Crippen LogP contribution is -1.82. The molecule has 2 nitrogen and oxygen atoms in total. The van der Waals surface area contributed by atoms with Gasteiger partial charge in [-0.1, -0.05) is 23.9 Å². The molecule has 0 spiro atoms. The molecule has 0 aliphatic carbocycles. The SMILES string of the molecule is N#Cc1ccc(Sc2ccc(CO)cc2)cc1Br. The van der Waals surface area contributed by atoms with E-state index in [0.717, 1.165) is 19.8 Å². The molecule has 4 heteroatoms. The fourth-order valence-electron chi connectivity index (χ4n) is 1.45. The van der Waals surface area contributed by atoms with Gasteiger partial charge in [0.15, 0.2) is 0 Å². The normalized spacial score (nSPS) is 10.1. The zero-order valence-electron chi connectivity index (χ0n) is 9.43.